The quantitative estimate of drug-likeness (QED) is 0.701. The SMILES string of the molecule is CCOc1ccc([C@H]2C[C@@H](c3c(F)cccc3Cl)n3nc(N)nc3N2)cc1. The standard InChI is InChI=1S/C19H19ClFN5O/c1-2-27-12-8-6-11(7-9-12)15-10-16(17-13(20)4-3-5-14(17)21)26-19(23-15)24-18(22)25-26/h3-9,15-16H,2,10H2,1H3,(H3,22,23,24,25)/t15-,16+/m1/s1. The second-order valence-electron chi connectivity index (χ2n) is 6.32. The Labute approximate surface area is 161 Å². The predicted molar refractivity (Wildman–Crippen MR) is 103 cm³/mol. The van der Waals surface area contributed by atoms with Crippen LogP contribution >= 0.6 is 11.6 Å². The Morgan fingerprint density at radius 2 is 2.07 bits per heavy atom. The van der Waals surface area contributed by atoms with Crippen molar-refractivity contribution >= 4 is 23.5 Å². The first-order chi connectivity index (χ1) is 13.1. The lowest BCUT2D eigenvalue weighted by molar-refractivity contribution is 0.340. The average molecular weight is 388 g/mol. The van der Waals surface area contributed by atoms with Crippen molar-refractivity contribution in [2.45, 2.75) is 25.4 Å². The third-order valence-corrected chi connectivity index (χ3v) is 4.96. The molecule has 2 atom stereocenters. The van der Waals surface area contributed by atoms with Gasteiger partial charge in [0.1, 0.15) is 11.6 Å². The zero-order valence-corrected chi connectivity index (χ0v) is 15.4. The van der Waals surface area contributed by atoms with Crippen molar-refractivity contribution in [1.29, 1.82) is 0 Å². The van der Waals surface area contributed by atoms with Crippen molar-refractivity contribution in [2.24, 2.45) is 0 Å². The fraction of sp³-hybridized carbons (Fsp3) is 0.263. The number of hydrogen-bond donors (Lipinski definition) is 2. The Balaban J connectivity index is 1.73. The molecule has 0 saturated heterocycles. The molecule has 0 radical (unpaired) electrons. The lowest BCUT2D eigenvalue weighted by Gasteiger charge is -2.32. The molecule has 0 spiro atoms. The van der Waals surface area contributed by atoms with Gasteiger partial charge in [-0.2, -0.15) is 4.98 Å². The number of anilines is 2. The van der Waals surface area contributed by atoms with Gasteiger partial charge in [0.05, 0.1) is 18.7 Å². The van der Waals surface area contributed by atoms with Gasteiger partial charge in [0.2, 0.25) is 11.9 Å². The molecule has 6 nitrogen and oxygen atoms in total. The summed E-state index contributed by atoms with van der Waals surface area (Å²) in [6.45, 7) is 2.55. The van der Waals surface area contributed by atoms with Crippen LogP contribution in [0.1, 0.15) is 36.6 Å². The predicted octanol–water partition coefficient (Wildman–Crippen LogP) is 4.20. The molecule has 0 aliphatic carbocycles. The second kappa shape index (κ2) is 7.08. The third kappa shape index (κ3) is 3.30. The summed E-state index contributed by atoms with van der Waals surface area (Å²) in [5, 5.41) is 7.91. The minimum atomic E-state index is -0.420. The van der Waals surface area contributed by atoms with Gasteiger partial charge < -0.3 is 15.8 Å². The van der Waals surface area contributed by atoms with Gasteiger partial charge in [-0.1, -0.05) is 29.8 Å². The highest BCUT2D eigenvalue weighted by Gasteiger charge is 2.33. The Bertz CT molecular complexity index is 939. The van der Waals surface area contributed by atoms with Crippen molar-refractivity contribution < 1.29 is 9.13 Å². The largest absolute Gasteiger partial charge is 0.494 e. The summed E-state index contributed by atoms with van der Waals surface area (Å²) < 4.78 is 21.7. The summed E-state index contributed by atoms with van der Waals surface area (Å²) in [6.07, 6.45) is 0.546. The Kier molecular flexibility index (Phi) is 4.61. The van der Waals surface area contributed by atoms with Crippen LogP contribution in [0.5, 0.6) is 5.75 Å². The number of fused-ring (bicyclic) bond motifs is 1. The van der Waals surface area contributed by atoms with Gasteiger partial charge in [0.25, 0.3) is 0 Å². The van der Waals surface area contributed by atoms with E-state index in [9.17, 15) is 4.39 Å². The third-order valence-electron chi connectivity index (χ3n) is 4.63. The highest BCUT2D eigenvalue weighted by molar-refractivity contribution is 6.31. The smallest absolute Gasteiger partial charge is 0.241 e. The average Bonchev–Trinajstić information content (AvgIpc) is 3.02. The number of nitrogens with one attached hydrogen (secondary N) is 1. The highest BCUT2D eigenvalue weighted by Crippen LogP contribution is 2.41. The number of aromatic nitrogens is 3. The fourth-order valence-electron chi connectivity index (χ4n) is 3.45. The van der Waals surface area contributed by atoms with Crippen LogP contribution < -0.4 is 15.8 Å². The van der Waals surface area contributed by atoms with Crippen LogP contribution in [0.4, 0.5) is 16.3 Å². The van der Waals surface area contributed by atoms with E-state index in [2.05, 4.69) is 15.4 Å². The van der Waals surface area contributed by atoms with Gasteiger partial charge in [0, 0.05) is 10.6 Å². The highest BCUT2D eigenvalue weighted by atomic mass is 35.5. The lowest BCUT2D eigenvalue weighted by atomic mass is 9.93. The lowest BCUT2D eigenvalue weighted by Crippen LogP contribution is -2.28. The van der Waals surface area contributed by atoms with E-state index >= 15 is 0 Å². The molecule has 8 heteroatoms. The maximum Gasteiger partial charge on any atom is 0.241 e. The molecule has 0 fully saturated rings. The second-order valence-corrected chi connectivity index (χ2v) is 6.73. The van der Waals surface area contributed by atoms with Crippen LogP contribution in [0.25, 0.3) is 0 Å². The first-order valence-corrected chi connectivity index (χ1v) is 9.10. The van der Waals surface area contributed by atoms with Gasteiger partial charge >= 0.3 is 0 Å². The van der Waals surface area contributed by atoms with E-state index in [1.54, 1.807) is 16.8 Å². The molecule has 1 aliphatic heterocycles. The van der Waals surface area contributed by atoms with Crippen LogP contribution in [-0.2, 0) is 0 Å². The molecule has 27 heavy (non-hydrogen) atoms. The van der Waals surface area contributed by atoms with Gasteiger partial charge in [0.15, 0.2) is 0 Å². The summed E-state index contributed by atoms with van der Waals surface area (Å²) in [6, 6.07) is 11.9. The van der Waals surface area contributed by atoms with E-state index in [0.717, 1.165) is 11.3 Å². The zero-order chi connectivity index (χ0) is 19.0. The van der Waals surface area contributed by atoms with Crippen molar-refractivity contribution in [3.8, 4) is 5.75 Å². The fourth-order valence-corrected chi connectivity index (χ4v) is 3.73. The minimum absolute atomic E-state index is 0.0996. The summed E-state index contributed by atoms with van der Waals surface area (Å²) in [4.78, 5) is 4.24. The Morgan fingerprint density at radius 3 is 2.78 bits per heavy atom. The monoisotopic (exact) mass is 387 g/mol. The van der Waals surface area contributed by atoms with E-state index in [1.165, 1.54) is 6.07 Å². The van der Waals surface area contributed by atoms with Crippen LogP contribution in [0.2, 0.25) is 5.02 Å². The van der Waals surface area contributed by atoms with E-state index < -0.39 is 6.04 Å². The zero-order valence-electron chi connectivity index (χ0n) is 14.7. The molecule has 3 aromatic rings. The van der Waals surface area contributed by atoms with Gasteiger partial charge in [-0.05, 0) is 43.2 Å². The number of rotatable bonds is 4. The molecule has 0 unspecified atom stereocenters. The van der Waals surface area contributed by atoms with Gasteiger partial charge in [-0.15, -0.1) is 5.10 Å². The molecule has 140 valence electrons. The first kappa shape index (κ1) is 17.6. The molecule has 0 saturated carbocycles. The van der Waals surface area contributed by atoms with Gasteiger partial charge in [-0.25, -0.2) is 9.07 Å². The molecule has 2 aromatic carbocycles. The number of nitrogens with zero attached hydrogens (tertiary/aromatic N) is 3. The van der Waals surface area contributed by atoms with Crippen LogP contribution in [0, 0.1) is 5.82 Å². The number of halogens is 2. The molecular formula is C19H19ClFN5O. The summed E-state index contributed by atoms with van der Waals surface area (Å²) in [5.41, 5.74) is 7.21. The van der Waals surface area contributed by atoms with E-state index in [4.69, 9.17) is 22.1 Å². The summed E-state index contributed by atoms with van der Waals surface area (Å²) in [7, 11) is 0. The van der Waals surface area contributed by atoms with Crippen LogP contribution in [0.3, 0.4) is 0 Å². The minimum Gasteiger partial charge on any atom is -0.494 e. The molecule has 0 amide bonds. The molecule has 1 aliphatic rings. The molecule has 0 bridgehead atoms. The van der Waals surface area contributed by atoms with Crippen LogP contribution in [0.15, 0.2) is 42.5 Å². The van der Waals surface area contributed by atoms with Crippen molar-refractivity contribution in [3.05, 3.63) is 64.4 Å². The molecule has 1 aromatic heterocycles. The number of nitrogens with two attached hydrogens (primary N) is 1. The summed E-state index contributed by atoms with van der Waals surface area (Å²) in [5.74, 6) is 1.04. The first-order valence-electron chi connectivity index (χ1n) is 8.72. The topological polar surface area (TPSA) is 78.0 Å². The maximum atomic E-state index is 14.6. The molecule has 4 rings (SSSR count). The van der Waals surface area contributed by atoms with E-state index in [1.807, 2.05) is 31.2 Å². The van der Waals surface area contributed by atoms with Crippen LogP contribution in [-0.4, -0.2) is 21.4 Å². The number of benzene rings is 2. The Morgan fingerprint density at radius 1 is 1.30 bits per heavy atom. The maximum absolute atomic E-state index is 14.6. The van der Waals surface area contributed by atoms with Gasteiger partial charge in [-0.3, -0.25) is 0 Å². The van der Waals surface area contributed by atoms with E-state index in [-0.39, 0.29) is 17.8 Å². The van der Waals surface area contributed by atoms with Crippen molar-refractivity contribution in [2.75, 3.05) is 17.7 Å². The number of ether oxygens (including phenoxy) is 1. The normalized spacial score (nSPS) is 18.6. The summed E-state index contributed by atoms with van der Waals surface area (Å²) >= 11 is 6.32. The number of hydrogen-bond acceptors (Lipinski definition) is 5. The molecule has 2 heterocycles. The molecular weight excluding hydrogens is 369 g/mol. The van der Waals surface area contributed by atoms with Crippen molar-refractivity contribution in [3.63, 3.8) is 0 Å². The number of nitrogen functional groups attached to an aromatic ring is 1. The van der Waals surface area contributed by atoms with Crippen molar-refractivity contribution in [1.82, 2.24) is 14.8 Å². The molecule has 3 N–H and O–H groups in total. The Hall–Kier alpha value is -2.80. The van der Waals surface area contributed by atoms with E-state index in [0.29, 0.717) is 29.6 Å².